The number of thiophene rings is 1. The molecule has 3 rings (SSSR count). The minimum atomic E-state index is -3.99. The van der Waals surface area contributed by atoms with Gasteiger partial charge in [-0.3, -0.25) is 15.0 Å². The first kappa shape index (κ1) is 19.9. The fourth-order valence-electron chi connectivity index (χ4n) is 3.33. The Bertz CT molecular complexity index is 876. The number of para-hydroxylation sites is 1. The van der Waals surface area contributed by atoms with Crippen molar-refractivity contribution in [3.63, 3.8) is 0 Å². The third-order valence-corrected chi connectivity index (χ3v) is 7.39. The van der Waals surface area contributed by atoms with E-state index in [1.54, 1.807) is 11.3 Å². The highest BCUT2D eigenvalue weighted by molar-refractivity contribution is 7.89. The van der Waals surface area contributed by atoms with Crippen LogP contribution in [-0.4, -0.2) is 37.9 Å². The quantitative estimate of drug-likeness (QED) is 0.559. The van der Waals surface area contributed by atoms with Crippen LogP contribution >= 0.6 is 11.3 Å². The molecule has 1 N–H and O–H groups in total. The zero-order chi connectivity index (χ0) is 19.4. The molecule has 0 aliphatic carbocycles. The van der Waals surface area contributed by atoms with E-state index in [0.717, 1.165) is 30.8 Å². The third-order valence-electron chi connectivity index (χ3n) is 4.95. The second-order valence-electron chi connectivity index (χ2n) is 6.83. The minimum Gasteiger partial charge on any atom is -0.294 e. The van der Waals surface area contributed by atoms with Crippen LogP contribution in [0.3, 0.4) is 0 Å². The molecule has 1 unspecified atom stereocenters. The van der Waals surface area contributed by atoms with Crippen molar-refractivity contribution in [2.75, 3.05) is 19.6 Å². The molecule has 1 aliphatic rings. The van der Waals surface area contributed by atoms with Crippen molar-refractivity contribution >= 4 is 27.0 Å². The van der Waals surface area contributed by atoms with Crippen LogP contribution < -0.4 is 4.72 Å². The van der Waals surface area contributed by atoms with E-state index in [9.17, 15) is 18.5 Å². The Morgan fingerprint density at radius 2 is 1.96 bits per heavy atom. The summed E-state index contributed by atoms with van der Waals surface area (Å²) >= 11 is 1.60. The normalized spacial score (nSPS) is 17.7. The third kappa shape index (κ3) is 4.73. The molecule has 1 aliphatic heterocycles. The van der Waals surface area contributed by atoms with Crippen molar-refractivity contribution in [2.45, 2.75) is 30.7 Å². The summed E-state index contributed by atoms with van der Waals surface area (Å²) < 4.78 is 28.1. The van der Waals surface area contributed by atoms with Crippen molar-refractivity contribution in [3.05, 3.63) is 56.8 Å². The fourth-order valence-corrected chi connectivity index (χ4v) is 5.40. The molecular weight excluding hydrogens is 386 g/mol. The van der Waals surface area contributed by atoms with E-state index < -0.39 is 20.6 Å². The average molecular weight is 410 g/mol. The van der Waals surface area contributed by atoms with Crippen LogP contribution in [-0.2, 0) is 10.0 Å². The Hall–Kier alpha value is -1.81. The molecule has 1 saturated heterocycles. The van der Waals surface area contributed by atoms with E-state index in [2.05, 4.69) is 16.5 Å². The summed E-state index contributed by atoms with van der Waals surface area (Å²) in [6.45, 7) is 4.24. The maximum absolute atomic E-state index is 12.7. The maximum atomic E-state index is 12.7. The molecule has 27 heavy (non-hydrogen) atoms. The predicted molar refractivity (Wildman–Crippen MR) is 105 cm³/mol. The van der Waals surface area contributed by atoms with Gasteiger partial charge < -0.3 is 0 Å². The molecule has 0 spiro atoms. The molecule has 0 amide bonds. The highest BCUT2D eigenvalue weighted by Crippen LogP contribution is 2.30. The van der Waals surface area contributed by atoms with Crippen LogP contribution in [0.5, 0.6) is 0 Å². The second kappa shape index (κ2) is 8.47. The molecule has 9 heteroatoms. The number of nitrogens with one attached hydrogen (secondary N) is 1. The van der Waals surface area contributed by atoms with E-state index in [0.29, 0.717) is 5.92 Å². The standard InChI is InChI=1S/C18H23N3O4S2/c1-14-8-10-20(11-9-14)16(17-6-4-12-26-17)13-19-27(24,25)18-7-3-2-5-15(18)21(22)23/h2-7,12,14,16,19H,8-11,13H2,1H3. The van der Waals surface area contributed by atoms with Crippen LogP contribution in [0.25, 0.3) is 0 Å². The average Bonchev–Trinajstić information content (AvgIpc) is 3.17. The number of nitro benzene ring substituents is 1. The first-order valence-electron chi connectivity index (χ1n) is 8.89. The molecule has 2 heterocycles. The molecule has 1 fully saturated rings. The number of nitro groups is 1. The summed E-state index contributed by atoms with van der Waals surface area (Å²) in [5.41, 5.74) is -0.413. The Labute approximate surface area is 163 Å². The topological polar surface area (TPSA) is 92.6 Å². The molecule has 0 bridgehead atoms. The lowest BCUT2D eigenvalue weighted by molar-refractivity contribution is -0.387. The minimum absolute atomic E-state index is 0.0740. The van der Waals surface area contributed by atoms with Gasteiger partial charge in [0.2, 0.25) is 10.0 Å². The number of rotatable bonds is 7. The monoisotopic (exact) mass is 409 g/mol. The summed E-state index contributed by atoms with van der Waals surface area (Å²) in [6, 6.07) is 9.31. The van der Waals surface area contributed by atoms with Gasteiger partial charge in [-0.1, -0.05) is 25.1 Å². The highest BCUT2D eigenvalue weighted by atomic mass is 32.2. The molecule has 7 nitrogen and oxygen atoms in total. The van der Waals surface area contributed by atoms with Gasteiger partial charge in [0.15, 0.2) is 4.90 Å². The van der Waals surface area contributed by atoms with E-state index in [1.165, 1.54) is 24.3 Å². The van der Waals surface area contributed by atoms with Gasteiger partial charge in [-0.05, 0) is 49.4 Å². The first-order valence-corrected chi connectivity index (χ1v) is 11.3. The first-order chi connectivity index (χ1) is 12.9. The molecule has 1 aromatic carbocycles. The van der Waals surface area contributed by atoms with Crippen LogP contribution in [0.4, 0.5) is 5.69 Å². The maximum Gasteiger partial charge on any atom is 0.289 e. The smallest absolute Gasteiger partial charge is 0.289 e. The fraction of sp³-hybridized carbons (Fsp3) is 0.444. The van der Waals surface area contributed by atoms with E-state index in [4.69, 9.17) is 0 Å². The van der Waals surface area contributed by atoms with Crippen molar-refractivity contribution in [1.82, 2.24) is 9.62 Å². The second-order valence-corrected chi connectivity index (χ2v) is 9.54. The summed E-state index contributed by atoms with van der Waals surface area (Å²) in [5.74, 6) is 0.675. The van der Waals surface area contributed by atoms with Gasteiger partial charge in [0, 0.05) is 17.5 Å². The van der Waals surface area contributed by atoms with Gasteiger partial charge in [-0.2, -0.15) is 0 Å². The van der Waals surface area contributed by atoms with E-state index in [1.807, 2.05) is 17.5 Å². The predicted octanol–water partition coefficient (Wildman–Crippen LogP) is 3.41. The van der Waals surface area contributed by atoms with Gasteiger partial charge >= 0.3 is 0 Å². The summed E-state index contributed by atoms with van der Waals surface area (Å²) in [6.07, 6.45) is 2.16. The van der Waals surface area contributed by atoms with Crippen molar-refractivity contribution < 1.29 is 13.3 Å². The number of sulfonamides is 1. The van der Waals surface area contributed by atoms with Crippen LogP contribution in [0, 0.1) is 16.0 Å². The van der Waals surface area contributed by atoms with Gasteiger partial charge in [-0.15, -0.1) is 11.3 Å². The number of benzene rings is 1. The zero-order valence-corrected chi connectivity index (χ0v) is 16.7. The van der Waals surface area contributed by atoms with Crippen molar-refractivity contribution in [1.29, 1.82) is 0 Å². The van der Waals surface area contributed by atoms with Gasteiger partial charge in [0.05, 0.1) is 11.0 Å². The Morgan fingerprint density at radius 3 is 2.59 bits per heavy atom. The molecule has 0 saturated carbocycles. The van der Waals surface area contributed by atoms with Crippen molar-refractivity contribution in [2.24, 2.45) is 5.92 Å². The van der Waals surface area contributed by atoms with Crippen LogP contribution in [0.1, 0.15) is 30.7 Å². The Kier molecular flexibility index (Phi) is 6.25. The molecule has 2 aromatic rings. The molecule has 1 aromatic heterocycles. The summed E-state index contributed by atoms with van der Waals surface area (Å²) in [5, 5.41) is 13.2. The molecular formula is C18H23N3O4S2. The lowest BCUT2D eigenvalue weighted by atomic mass is 9.97. The van der Waals surface area contributed by atoms with Gasteiger partial charge in [0.1, 0.15) is 0 Å². The van der Waals surface area contributed by atoms with Crippen LogP contribution in [0.15, 0.2) is 46.7 Å². The SMILES string of the molecule is CC1CCN(C(CNS(=O)(=O)c2ccccc2[N+](=O)[O-])c2cccs2)CC1. The van der Waals surface area contributed by atoms with Crippen molar-refractivity contribution in [3.8, 4) is 0 Å². The zero-order valence-electron chi connectivity index (χ0n) is 15.1. The van der Waals surface area contributed by atoms with Crippen LogP contribution in [0.2, 0.25) is 0 Å². The van der Waals surface area contributed by atoms with E-state index >= 15 is 0 Å². The van der Waals surface area contributed by atoms with E-state index in [-0.39, 0.29) is 17.5 Å². The van der Waals surface area contributed by atoms with Gasteiger partial charge in [-0.25, -0.2) is 13.1 Å². The molecule has 0 radical (unpaired) electrons. The lowest BCUT2D eigenvalue weighted by Crippen LogP contribution is -2.41. The Morgan fingerprint density at radius 1 is 1.26 bits per heavy atom. The number of hydrogen-bond donors (Lipinski definition) is 1. The highest BCUT2D eigenvalue weighted by Gasteiger charge is 2.29. The number of piperidine rings is 1. The lowest BCUT2D eigenvalue weighted by Gasteiger charge is -2.36. The number of likely N-dealkylation sites (tertiary alicyclic amines) is 1. The molecule has 1 atom stereocenters. The number of nitrogens with zero attached hydrogens (tertiary/aromatic N) is 2. The molecule has 146 valence electrons. The summed E-state index contributed by atoms with van der Waals surface area (Å²) in [7, 11) is -3.99. The largest absolute Gasteiger partial charge is 0.294 e. The Balaban J connectivity index is 1.80. The number of hydrogen-bond acceptors (Lipinski definition) is 6. The summed E-state index contributed by atoms with van der Waals surface area (Å²) in [4.78, 5) is 13.6. The van der Waals surface area contributed by atoms with Gasteiger partial charge in [0.25, 0.3) is 5.69 Å².